The summed E-state index contributed by atoms with van der Waals surface area (Å²) >= 11 is 0. The van der Waals surface area contributed by atoms with Crippen LogP contribution in [0.3, 0.4) is 0 Å². The molecule has 0 aliphatic carbocycles. The molecule has 0 amide bonds. The Bertz CT molecular complexity index is 768. The van der Waals surface area contributed by atoms with Gasteiger partial charge >= 0.3 is 0 Å². The standard InChI is InChI=1S/C18H18N2O2/c1-12-6-7-20(15-5-3-2-4-14(15)19)16-10-18-17(21-11-22-18)9-13(16)8-12/h2-6,9-10H,7-8,11,19H2,1H3. The van der Waals surface area contributed by atoms with E-state index in [1.54, 1.807) is 0 Å². The van der Waals surface area contributed by atoms with Crippen molar-refractivity contribution in [1.82, 2.24) is 0 Å². The zero-order chi connectivity index (χ0) is 15.1. The van der Waals surface area contributed by atoms with E-state index in [4.69, 9.17) is 15.2 Å². The molecule has 0 unspecified atom stereocenters. The number of benzene rings is 2. The Kier molecular flexibility index (Phi) is 2.96. The van der Waals surface area contributed by atoms with Gasteiger partial charge in [0.1, 0.15) is 0 Å². The van der Waals surface area contributed by atoms with Gasteiger partial charge in [-0.05, 0) is 37.1 Å². The van der Waals surface area contributed by atoms with Gasteiger partial charge in [-0.1, -0.05) is 23.8 Å². The van der Waals surface area contributed by atoms with Gasteiger partial charge in [-0.25, -0.2) is 0 Å². The van der Waals surface area contributed by atoms with Crippen LogP contribution in [0.2, 0.25) is 0 Å². The molecule has 22 heavy (non-hydrogen) atoms. The molecule has 0 aromatic heterocycles. The molecule has 0 saturated carbocycles. The fourth-order valence-electron chi connectivity index (χ4n) is 3.05. The van der Waals surface area contributed by atoms with E-state index < -0.39 is 0 Å². The summed E-state index contributed by atoms with van der Waals surface area (Å²) in [4.78, 5) is 2.24. The maximum Gasteiger partial charge on any atom is 0.231 e. The van der Waals surface area contributed by atoms with E-state index in [9.17, 15) is 0 Å². The summed E-state index contributed by atoms with van der Waals surface area (Å²) < 4.78 is 11.1. The Morgan fingerprint density at radius 3 is 2.64 bits per heavy atom. The molecule has 112 valence electrons. The van der Waals surface area contributed by atoms with E-state index in [-0.39, 0.29) is 0 Å². The minimum atomic E-state index is 0.292. The first-order chi connectivity index (χ1) is 10.7. The molecule has 2 aliphatic rings. The number of hydrogen-bond donors (Lipinski definition) is 1. The normalized spacial score (nSPS) is 16.0. The lowest BCUT2D eigenvalue weighted by Crippen LogP contribution is -2.18. The Labute approximate surface area is 129 Å². The molecule has 4 nitrogen and oxygen atoms in total. The molecule has 4 rings (SSSR count). The quantitative estimate of drug-likeness (QED) is 0.644. The molecule has 2 aromatic rings. The summed E-state index contributed by atoms with van der Waals surface area (Å²) in [5.41, 5.74) is 11.7. The lowest BCUT2D eigenvalue weighted by Gasteiger charge is -2.26. The largest absolute Gasteiger partial charge is 0.454 e. The van der Waals surface area contributed by atoms with E-state index in [0.717, 1.165) is 41.5 Å². The van der Waals surface area contributed by atoms with Gasteiger partial charge < -0.3 is 20.1 Å². The van der Waals surface area contributed by atoms with E-state index in [0.29, 0.717) is 6.79 Å². The molecule has 0 saturated heterocycles. The SMILES string of the molecule is CC1=CCN(c2ccccc2N)c2cc3c(cc2C1)OCO3. The Morgan fingerprint density at radius 2 is 1.82 bits per heavy atom. The number of allylic oxidation sites excluding steroid dienone is 1. The smallest absolute Gasteiger partial charge is 0.231 e. The van der Waals surface area contributed by atoms with Crippen LogP contribution in [0.5, 0.6) is 11.5 Å². The molecular formula is C18H18N2O2. The second kappa shape index (κ2) is 4.98. The molecule has 0 fully saturated rings. The number of nitrogens with zero attached hydrogens (tertiary/aromatic N) is 1. The first-order valence-corrected chi connectivity index (χ1v) is 7.42. The van der Waals surface area contributed by atoms with Crippen molar-refractivity contribution in [2.24, 2.45) is 0 Å². The first kappa shape index (κ1) is 13.1. The molecule has 2 N–H and O–H groups in total. The summed E-state index contributed by atoms with van der Waals surface area (Å²) in [5, 5.41) is 0. The molecule has 4 heteroatoms. The van der Waals surface area contributed by atoms with Gasteiger partial charge in [-0.2, -0.15) is 0 Å². The molecule has 0 atom stereocenters. The molecule has 0 spiro atoms. The highest BCUT2D eigenvalue weighted by Gasteiger charge is 2.23. The van der Waals surface area contributed by atoms with Gasteiger partial charge in [-0.15, -0.1) is 0 Å². The van der Waals surface area contributed by atoms with Crippen LogP contribution in [-0.4, -0.2) is 13.3 Å². The van der Waals surface area contributed by atoms with E-state index in [2.05, 4.69) is 36.1 Å². The van der Waals surface area contributed by atoms with Crippen molar-refractivity contribution in [2.75, 3.05) is 24.0 Å². The number of para-hydroxylation sites is 2. The Morgan fingerprint density at radius 1 is 1.05 bits per heavy atom. The van der Waals surface area contributed by atoms with E-state index >= 15 is 0 Å². The highest BCUT2D eigenvalue weighted by atomic mass is 16.7. The van der Waals surface area contributed by atoms with Crippen molar-refractivity contribution in [3.63, 3.8) is 0 Å². The number of fused-ring (bicyclic) bond motifs is 2. The highest BCUT2D eigenvalue weighted by molar-refractivity contribution is 5.79. The first-order valence-electron chi connectivity index (χ1n) is 7.42. The molecule has 2 aliphatic heterocycles. The van der Waals surface area contributed by atoms with Crippen LogP contribution in [0, 0.1) is 0 Å². The predicted molar refractivity (Wildman–Crippen MR) is 87.9 cm³/mol. The summed E-state index contributed by atoms with van der Waals surface area (Å²) in [6, 6.07) is 12.1. The predicted octanol–water partition coefficient (Wildman–Crippen LogP) is 3.64. The van der Waals surface area contributed by atoms with Gasteiger partial charge in [-0.3, -0.25) is 0 Å². The summed E-state index contributed by atoms with van der Waals surface area (Å²) in [5.74, 6) is 1.63. The van der Waals surface area contributed by atoms with Crippen molar-refractivity contribution >= 4 is 17.1 Å². The minimum absolute atomic E-state index is 0.292. The Balaban J connectivity index is 1.89. The van der Waals surface area contributed by atoms with Gasteiger partial charge in [0.2, 0.25) is 6.79 Å². The second-order valence-corrected chi connectivity index (χ2v) is 5.73. The third-order valence-corrected chi connectivity index (χ3v) is 4.18. The summed E-state index contributed by atoms with van der Waals surface area (Å²) in [6.07, 6.45) is 3.16. The topological polar surface area (TPSA) is 47.7 Å². The highest BCUT2D eigenvalue weighted by Crippen LogP contribution is 2.43. The fraction of sp³-hybridized carbons (Fsp3) is 0.222. The number of rotatable bonds is 1. The maximum atomic E-state index is 6.19. The van der Waals surface area contributed by atoms with Crippen molar-refractivity contribution in [2.45, 2.75) is 13.3 Å². The number of nitrogen functional groups attached to an aromatic ring is 1. The molecular weight excluding hydrogens is 276 g/mol. The van der Waals surface area contributed by atoms with Crippen LogP contribution in [0.15, 0.2) is 48.0 Å². The van der Waals surface area contributed by atoms with Crippen LogP contribution in [0.1, 0.15) is 12.5 Å². The van der Waals surface area contributed by atoms with Crippen LogP contribution in [0.4, 0.5) is 17.1 Å². The number of anilines is 3. The molecule has 0 bridgehead atoms. The van der Waals surface area contributed by atoms with E-state index in [1.165, 1.54) is 11.1 Å². The number of hydrogen-bond acceptors (Lipinski definition) is 4. The lowest BCUT2D eigenvalue weighted by molar-refractivity contribution is 0.174. The zero-order valence-corrected chi connectivity index (χ0v) is 12.5. The van der Waals surface area contributed by atoms with Gasteiger partial charge in [0.05, 0.1) is 11.4 Å². The minimum Gasteiger partial charge on any atom is -0.454 e. The maximum absolute atomic E-state index is 6.19. The fourth-order valence-corrected chi connectivity index (χ4v) is 3.05. The van der Waals surface area contributed by atoms with Crippen LogP contribution in [-0.2, 0) is 6.42 Å². The average Bonchev–Trinajstić information content (AvgIpc) is 2.89. The monoisotopic (exact) mass is 294 g/mol. The van der Waals surface area contributed by atoms with Crippen LogP contribution < -0.4 is 20.1 Å². The molecule has 2 aromatic carbocycles. The van der Waals surface area contributed by atoms with Crippen LogP contribution >= 0.6 is 0 Å². The second-order valence-electron chi connectivity index (χ2n) is 5.73. The van der Waals surface area contributed by atoms with Crippen molar-refractivity contribution in [3.05, 3.63) is 53.6 Å². The molecule has 2 heterocycles. The van der Waals surface area contributed by atoms with Crippen LogP contribution in [0.25, 0.3) is 0 Å². The zero-order valence-electron chi connectivity index (χ0n) is 12.5. The number of nitrogens with two attached hydrogens (primary N) is 1. The summed E-state index contributed by atoms with van der Waals surface area (Å²) in [7, 11) is 0. The van der Waals surface area contributed by atoms with Gasteiger partial charge in [0, 0.05) is 18.3 Å². The molecule has 0 radical (unpaired) electrons. The van der Waals surface area contributed by atoms with E-state index in [1.807, 2.05) is 18.2 Å². The Hall–Kier alpha value is -2.62. The third-order valence-electron chi connectivity index (χ3n) is 4.18. The van der Waals surface area contributed by atoms with Gasteiger partial charge in [0.25, 0.3) is 0 Å². The number of ether oxygens (including phenoxy) is 2. The van der Waals surface area contributed by atoms with Crippen molar-refractivity contribution < 1.29 is 9.47 Å². The third kappa shape index (κ3) is 2.08. The van der Waals surface area contributed by atoms with Crippen molar-refractivity contribution in [3.8, 4) is 11.5 Å². The average molecular weight is 294 g/mol. The lowest BCUT2D eigenvalue weighted by atomic mass is 10.0. The van der Waals surface area contributed by atoms with Crippen molar-refractivity contribution in [1.29, 1.82) is 0 Å². The summed E-state index contributed by atoms with van der Waals surface area (Å²) in [6.45, 7) is 3.25. The van der Waals surface area contributed by atoms with Gasteiger partial charge in [0.15, 0.2) is 11.5 Å².